The molecule has 1 aromatic carbocycles. The fourth-order valence-corrected chi connectivity index (χ4v) is 1.06. The first-order chi connectivity index (χ1) is 5.66. The molecular weight excluding hydrogens is 152 g/mol. The second-order valence-corrected chi connectivity index (χ2v) is 2.65. The number of aromatic hydroxyl groups is 2. The zero-order chi connectivity index (χ0) is 9.14. The topological polar surface area (TPSA) is 40.5 Å². The Labute approximate surface area is 71.8 Å². The summed E-state index contributed by atoms with van der Waals surface area (Å²) < 4.78 is 0. The Morgan fingerprint density at radius 1 is 1.25 bits per heavy atom. The summed E-state index contributed by atoms with van der Waals surface area (Å²) in [5.41, 5.74) is 1.63. The highest BCUT2D eigenvalue weighted by atomic mass is 16.3. The molecule has 0 aliphatic carbocycles. The van der Waals surface area contributed by atoms with E-state index in [0.29, 0.717) is 5.56 Å². The van der Waals surface area contributed by atoms with Gasteiger partial charge in [0.05, 0.1) is 0 Å². The Kier molecular flexibility index (Phi) is 2.38. The first-order valence-electron chi connectivity index (χ1n) is 3.81. The van der Waals surface area contributed by atoms with Crippen LogP contribution < -0.4 is 0 Å². The van der Waals surface area contributed by atoms with E-state index >= 15 is 0 Å². The number of allylic oxidation sites excluding steroid dienone is 1. The van der Waals surface area contributed by atoms with Crippen LogP contribution in [-0.4, -0.2) is 10.2 Å². The Hall–Kier alpha value is -1.44. The quantitative estimate of drug-likeness (QED) is 0.626. The van der Waals surface area contributed by atoms with Crippen LogP contribution in [0, 0.1) is 6.92 Å². The van der Waals surface area contributed by atoms with Gasteiger partial charge in [0, 0.05) is 5.56 Å². The lowest BCUT2D eigenvalue weighted by Gasteiger charge is -2.04. The molecule has 0 bridgehead atoms. The van der Waals surface area contributed by atoms with E-state index in [9.17, 15) is 5.11 Å². The highest BCUT2D eigenvalue weighted by molar-refractivity contribution is 5.60. The molecule has 2 heteroatoms. The molecule has 12 heavy (non-hydrogen) atoms. The molecule has 0 amide bonds. The molecule has 0 aromatic heterocycles. The van der Waals surface area contributed by atoms with E-state index in [4.69, 9.17) is 5.11 Å². The molecule has 0 fully saturated rings. The monoisotopic (exact) mass is 164 g/mol. The minimum Gasteiger partial charge on any atom is -0.504 e. The molecule has 2 nitrogen and oxygen atoms in total. The van der Waals surface area contributed by atoms with Crippen molar-refractivity contribution in [3.63, 3.8) is 0 Å². The van der Waals surface area contributed by atoms with Gasteiger partial charge in [0.15, 0.2) is 11.5 Å². The van der Waals surface area contributed by atoms with E-state index in [-0.39, 0.29) is 11.5 Å². The van der Waals surface area contributed by atoms with Crippen LogP contribution in [0.2, 0.25) is 0 Å². The molecule has 1 rings (SSSR count). The highest BCUT2D eigenvalue weighted by Crippen LogP contribution is 2.30. The molecule has 0 heterocycles. The van der Waals surface area contributed by atoms with Crippen molar-refractivity contribution in [2.45, 2.75) is 13.8 Å². The van der Waals surface area contributed by atoms with Crippen molar-refractivity contribution in [1.29, 1.82) is 0 Å². The summed E-state index contributed by atoms with van der Waals surface area (Å²) in [5.74, 6) is -0.105. The second-order valence-electron chi connectivity index (χ2n) is 2.65. The summed E-state index contributed by atoms with van der Waals surface area (Å²) in [6, 6.07) is 3.25. The lowest BCUT2D eigenvalue weighted by atomic mass is 10.1. The molecule has 0 spiro atoms. The standard InChI is InChI=1S/C10H12O2/c1-3-4-8-5-6-9(11)10(12)7(8)2/h3-6,11-12H,1-2H3. The van der Waals surface area contributed by atoms with Crippen molar-refractivity contribution in [1.82, 2.24) is 0 Å². The number of phenols is 2. The predicted molar refractivity (Wildman–Crippen MR) is 49.2 cm³/mol. The molecule has 0 unspecified atom stereocenters. The minimum absolute atomic E-state index is 0.0365. The van der Waals surface area contributed by atoms with Gasteiger partial charge >= 0.3 is 0 Å². The number of hydrogen-bond donors (Lipinski definition) is 2. The molecular formula is C10H12O2. The normalized spacial score (nSPS) is 10.8. The van der Waals surface area contributed by atoms with E-state index in [1.165, 1.54) is 6.07 Å². The largest absolute Gasteiger partial charge is 0.504 e. The van der Waals surface area contributed by atoms with Gasteiger partial charge in [-0.15, -0.1) is 0 Å². The Bertz CT molecular complexity index is 314. The Morgan fingerprint density at radius 3 is 2.50 bits per heavy atom. The molecule has 1 aromatic rings. The van der Waals surface area contributed by atoms with Crippen molar-refractivity contribution < 1.29 is 10.2 Å². The molecule has 0 radical (unpaired) electrons. The minimum atomic E-state index is -0.0687. The average molecular weight is 164 g/mol. The molecule has 0 saturated carbocycles. The third kappa shape index (κ3) is 1.42. The van der Waals surface area contributed by atoms with Gasteiger partial charge in [-0.2, -0.15) is 0 Å². The van der Waals surface area contributed by atoms with Crippen molar-refractivity contribution in [2.24, 2.45) is 0 Å². The third-order valence-electron chi connectivity index (χ3n) is 1.80. The van der Waals surface area contributed by atoms with E-state index < -0.39 is 0 Å². The average Bonchev–Trinajstić information content (AvgIpc) is 2.07. The van der Waals surface area contributed by atoms with Crippen LogP contribution in [0.5, 0.6) is 11.5 Å². The fraction of sp³-hybridized carbons (Fsp3) is 0.200. The van der Waals surface area contributed by atoms with E-state index in [2.05, 4.69) is 0 Å². The number of benzene rings is 1. The number of rotatable bonds is 1. The SMILES string of the molecule is CC=Cc1ccc(O)c(O)c1C. The zero-order valence-electron chi connectivity index (χ0n) is 7.20. The zero-order valence-corrected chi connectivity index (χ0v) is 7.20. The van der Waals surface area contributed by atoms with Crippen LogP contribution >= 0.6 is 0 Å². The highest BCUT2D eigenvalue weighted by Gasteiger charge is 2.04. The van der Waals surface area contributed by atoms with Gasteiger partial charge < -0.3 is 10.2 Å². The van der Waals surface area contributed by atoms with Crippen LogP contribution in [0.25, 0.3) is 6.08 Å². The number of hydrogen-bond acceptors (Lipinski definition) is 2. The lowest BCUT2D eigenvalue weighted by molar-refractivity contribution is 0.401. The predicted octanol–water partition coefficient (Wildman–Crippen LogP) is 2.44. The summed E-state index contributed by atoms with van der Waals surface area (Å²) in [5, 5.41) is 18.4. The van der Waals surface area contributed by atoms with Gasteiger partial charge in [0.25, 0.3) is 0 Å². The van der Waals surface area contributed by atoms with Crippen molar-refractivity contribution in [3.8, 4) is 11.5 Å². The fourth-order valence-electron chi connectivity index (χ4n) is 1.06. The van der Waals surface area contributed by atoms with Crippen molar-refractivity contribution in [3.05, 3.63) is 29.3 Å². The van der Waals surface area contributed by atoms with Crippen molar-refractivity contribution >= 4 is 6.08 Å². The summed E-state index contributed by atoms with van der Waals surface area (Å²) in [7, 11) is 0. The summed E-state index contributed by atoms with van der Waals surface area (Å²) in [6.07, 6.45) is 3.77. The van der Waals surface area contributed by atoms with Crippen LogP contribution in [0.15, 0.2) is 18.2 Å². The number of phenolic OH excluding ortho intramolecular Hbond substituents is 2. The summed E-state index contributed by atoms with van der Waals surface area (Å²) in [6.45, 7) is 3.67. The Balaban J connectivity index is 3.26. The molecule has 0 aliphatic heterocycles. The molecule has 64 valence electrons. The third-order valence-corrected chi connectivity index (χ3v) is 1.80. The maximum Gasteiger partial charge on any atom is 0.160 e. The Morgan fingerprint density at radius 2 is 1.92 bits per heavy atom. The molecule has 0 atom stereocenters. The molecule has 0 aliphatic rings. The van der Waals surface area contributed by atoms with Crippen LogP contribution in [0.4, 0.5) is 0 Å². The van der Waals surface area contributed by atoms with E-state index in [1.54, 1.807) is 13.0 Å². The second kappa shape index (κ2) is 3.30. The first kappa shape index (κ1) is 8.65. The first-order valence-corrected chi connectivity index (χ1v) is 3.81. The lowest BCUT2D eigenvalue weighted by Crippen LogP contribution is -1.81. The summed E-state index contributed by atoms with van der Waals surface area (Å²) in [4.78, 5) is 0. The van der Waals surface area contributed by atoms with Gasteiger partial charge in [-0.1, -0.05) is 18.2 Å². The van der Waals surface area contributed by atoms with Crippen molar-refractivity contribution in [2.75, 3.05) is 0 Å². The van der Waals surface area contributed by atoms with Gasteiger partial charge in [-0.25, -0.2) is 0 Å². The van der Waals surface area contributed by atoms with Crippen LogP contribution in [-0.2, 0) is 0 Å². The summed E-state index contributed by atoms with van der Waals surface area (Å²) >= 11 is 0. The van der Waals surface area contributed by atoms with Crippen LogP contribution in [0.3, 0.4) is 0 Å². The van der Waals surface area contributed by atoms with Gasteiger partial charge in [0.2, 0.25) is 0 Å². The van der Waals surface area contributed by atoms with Gasteiger partial charge in [0.1, 0.15) is 0 Å². The smallest absolute Gasteiger partial charge is 0.160 e. The maximum atomic E-state index is 9.33. The van der Waals surface area contributed by atoms with Gasteiger partial charge in [-0.05, 0) is 25.5 Å². The maximum absolute atomic E-state index is 9.33. The van der Waals surface area contributed by atoms with Gasteiger partial charge in [-0.3, -0.25) is 0 Å². The molecule has 0 saturated heterocycles. The van der Waals surface area contributed by atoms with Crippen LogP contribution in [0.1, 0.15) is 18.1 Å². The van der Waals surface area contributed by atoms with E-state index in [0.717, 1.165) is 5.56 Å². The molecule has 2 N–H and O–H groups in total. The van der Waals surface area contributed by atoms with E-state index in [1.807, 2.05) is 19.1 Å².